The van der Waals surface area contributed by atoms with Gasteiger partial charge in [-0.1, -0.05) is 35.0 Å². The number of phenols is 1. The predicted molar refractivity (Wildman–Crippen MR) is 117 cm³/mol. The van der Waals surface area contributed by atoms with Crippen molar-refractivity contribution < 1.29 is 19.2 Å². The number of aromatic hydroxyl groups is 1. The molecule has 6 nitrogen and oxygen atoms in total. The van der Waals surface area contributed by atoms with Gasteiger partial charge in [0.05, 0.1) is 18.4 Å². The van der Waals surface area contributed by atoms with Crippen molar-refractivity contribution in [3.05, 3.63) is 81.1 Å². The van der Waals surface area contributed by atoms with Crippen LogP contribution in [0.3, 0.4) is 0 Å². The summed E-state index contributed by atoms with van der Waals surface area (Å²) in [7, 11) is 1.50. The number of rotatable bonds is 3. The third-order valence-electron chi connectivity index (χ3n) is 6.14. The van der Waals surface area contributed by atoms with Gasteiger partial charge in [0, 0.05) is 28.6 Å². The standard InChI is InChI=1S/C24H21ClN2O4/c1-12-21-22(14-5-8-18(28)20(11-14)30-2)23-17(26-24(21)31-27-12)9-15(10-19(23)29)13-3-6-16(25)7-4-13/h3-8,11,15,22,26,28H,9-10H2,1-2H3/t15-,22+/m0/s1. The maximum absolute atomic E-state index is 13.5. The highest BCUT2D eigenvalue weighted by Crippen LogP contribution is 2.49. The minimum atomic E-state index is -0.342. The van der Waals surface area contributed by atoms with Crippen LogP contribution in [0.1, 0.15) is 47.1 Å². The first-order valence-corrected chi connectivity index (χ1v) is 10.5. The van der Waals surface area contributed by atoms with Gasteiger partial charge in [-0.05, 0) is 54.7 Å². The predicted octanol–water partition coefficient (Wildman–Crippen LogP) is 5.31. The van der Waals surface area contributed by atoms with Gasteiger partial charge in [0.15, 0.2) is 17.3 Å². The van der Waals surface area contributed by atoms with Gasteiger partial charge in [0.25, 0.3) is 0 Å². The van der Waals surface area contributed by atoms with E-state index < -0.39 is 0 Å². The first kappa shape index (κ1) is 19.7. The summed E-state index contributed by atoms with van der Waals surface area (Å²) in [5.74, 6) is 0.752. The number of allylic oxidation sites excluding steroid dienone is 2. The number of aryl methyl sites for hydroxylation is 1. The van der Waals surface area contributed by atoms with Crippen molar-refractivity contribution in [2.24, 2.45) is 0 Å². The van der Waals surface area contributed by atoms with Crippen molar-refractivity contribution in [2.45, 2.75) is 31.6 Å². The van der Waals surface area contributed by atoms with Crippen molar-refractivity contribution in [3.63, 3.8) is 0 Å². The lowest BCUT2D eigenvalue weighted by Crippen LogP contribution is -2.29. The minimum absolute atomic E-state index is 0.0504. The van der Waals surface area contributed by atoms with Crippen LogP contribution in [-0.2, 0) is 4.79 Å². The normalized spacial score (nSPS) is 20.2. The number of hydrogen-bond donors (Lipinski definition) is 2. The van der Waals surface area contributed by atoms with E-state index >= 15 is 0 Å². The average Bonchev–Trinajstić information content (AvgIpc) is 3.13. The van der Waals surface area contributed by atoms with Gasteiger partial charge in [-0.2, -0.15) is 0 Å². The van der Waals surface area contributed by atoms with Crippen LogP contribution in [0.15, 0.2) is 58.3 Å². The van der Waals surface area contributed by atoms with Crippen molar-refractivity contribution in [2.75, 3.05) is 12.4 Å². The number of hydrogen-bond acceptors (Lipinski definition) is 6. The molecule has 0 saturated carbocycles. The molecule has 158 valence electrons. The summed E-state index contributed by atoms with van der Waals surface area (Å²) in [6, 6.07) is 12.8. The fraction of sp³-hybridized carbons (Fsp3) is 0.250. The number of nitrogens with zero attached hydrogens (tertiary/aromatic N) is 1. The maximum atomic E-state index is 13.5. The molecular formula is C24H21ClN2O4. The molecule has 1 aromatic heterocycles. The second kappa shape index (κ2) is 7.46. The number of benzene rings is 2. The van der Waals surface area contributed by atoms with E-state index in [1.54, 1.807) is 12.1 Å². The molecule has 1 aliphatic heterocycles. The molecule has 0 fully saturated rings. The summed E-state index contributed by atoms with van der Waals surface area (Å²) in [5.41, 5.74) is 5.04. The second-order valence-electron chi connectivity index (χ2n) is 7.97. The molecule has 0 unspecified atom stereocenters. The number of nitrogens with one attached hydrogen (secondary N) is 1. The van der Waals surface area contributed by atoms with E-state index in [9.17, 15) is 9.90 Å². The summed E-state index contributed by atoms with van der Waals surface area (Å²) in [4.78, 5) is 13.5. The number of carbonyl (C=O) groups excluding carboxylic acids is 1. The Morgan fingerprint density at radius 1 is 1.16 bits per heavy atom. The highest BCUT2D eigenvalue weighted by molar-refractivity contribution is 6.30. The Balaban J connectivity index is 1.62. The molecule has 2 aliphatic rings. The van der Waals surface area contributed by atoms with Crippen molar-refractivity contribution >= 4 is 23.3 Å². The van der Waals surface area contributed by atoms with Crippen molar-refractivity contribution in [3.8, 4) is 11.5 Å². The highest BCUT2D eigenvalue weighted by Gasteiger charge is 2.41. The molecule has 0 saturated heterocycles. The van der Waals surface area contributed by atoms with E-state index in [0.717, 1.165) is 33.7 Å². The van der Waals surface area contributed by atoms with Crippen LogP contribution in [0.4, 0.5) is 5.88 Å². The smallest absolute Gasteiger partial charge is 0.233 e. The maximum Gasteiger partial charge on any atom is 0.233 e. The van der Waals surface area contributed by atoms with E-state index in [0.29, 0.717) is 29.5 Å². The number of aromatic nitrogens is 1. The van der Waals surface area contributed by atoms with Gasteiger partial charge in [0.1, 0.15) is 0 Å². The van der Waals surface area contributed by atoms with Crippen LogP contribution < -0.4 is 10.1 Å². The SMILES string of the molecule is COc1cc([C@H]2C3=C(C[C@H](c4ccc(Cl)cc4)CC3=O)Nc3onc(C)c32)ccc1O. The summed E-state index contributed by atoms with van der Waals surface area (Å²) >= 11 is 6.04. The summed E-state index contributed by atoms with van der Waals surface area (Å²) < 4.78 is 10.9. The number of Topliss-reactive ketones (excluding diaryl/α,β-unsaturated/α-hetero) is 1. The summed E-state index contributed by atoms with van der Waals surface area (Å²) in [6.07, 6.45) is 1.08. The van der Waals surface area contributed by atoms with E-state index in [-0.39, 0.29) is 23.4 Å². The number of fused-ring (bicyclic) bond motifs is 1. The third-order valence-corrected chi connectivity index (χ3v) is 6.39. The molecule has 7 heteroatoms. The van der Waals surface area contributed by atoms with Crippen LogP contribution in [-0.4, -0.2) is 23.2 Å². The number of ether oxygens (including phenoxy) is 1. The molecule has 31 heavy (non-hydrogen) atoms. The van der Waals surface area contributed by atoms with E-state index in [1.807, 2.05) is 37.3 Å². The fourth-order valence-corrected chi connectivity index (χ4v) is 4.78. The molecule has 0 bridgehead atoms. The number of methoxy groups -OCH3 is 1. The van der Waals surface area contributed by atoms with Crippen LogP contribution in [0.25, 0.3) is 0 Å². The molecule has 0 radical (unpaired) electrons. The molecule has 3 aromatic rings. The quantitative estimate of drug-likeness (QED) is 0.578. The van der Waals surface area contributed by atoms with E-state index in [1.165, 1.54) is 7.11 Å². The van der Waals surface area contributed by atoms with Crippen molar-refractivity contribution in [1.29, 1.82) is 0 Å². The lowest BCUT2D eigenvalue weighted by atomic mass is 9.72. The Hall–Kier alpha value is -3.25. The molecule has 5 rings (SSSR count). The fourth-order valence-electron chi connectivity index (χ4n) is 4.65. The zero-order valence-electron chi connectivity index (χ0n) is 17.1. The molecule has 0 amide bonds. The van der Waals surface area contributed by atoms with Gasteiger partial charge in [-0.15, -0.1) is 0 Å². The topological polar surface area (TPSA) is 84.6 Å². The molecular weight excluding hydrogens is 416 g/mol. The molecule has 2 aromatic carbocycles. The Labute approximate surface area is 184 Å². The molecule has 2 N–H and O–H groups in total. The Morgan fingerprint density at radius 3 is 2.65 bits per heavy atom. The van der Waals surface area contributed by atoms with Crippen molar-refractivity contribution in [1.82, 2.24) is 5.16 Å². The average molecular weight is 437 g/mol. The number of carbonyl (C=O) groups is 1. The zero-order valence-corrected chi connectivity index (χ0v) is 17.9. The summed E-state index contributed by atoms with van der Waals surface area (Å²) in [5, 5.41) is 18.2. The van der Waals surface area contributed by atoms with Gasteiger partial charge < -0.3 is 19.7 Å². The molecule has 2 atom stereocenters. The van der Waals surface area contributed by atoms with Gasteiger partial charge in [-0.25, -0.2) is 0 Å². The number of anilines is 1. The summed E-state index contributed by atoms with van der Waals surface area (Å²) in [6.45, 7) is 1.87. The lowest BCUT2D eigenvalue weighted by molar-refractivity contribution is -0.116. The van der Waals surface area contributed by atoms with E-state index in [4.69, 9.17) is 20.9 Å². The first-order chi connectivity index (χ1) is 15.0. The van der Waals surface area contributed by atoms with Gasteiger partial charge >= 0.3 is 0 Å². The lowest BCUT2D eigenvalue weighted by Gasteiger charge is -2.34. The highest BCUT2D eigenvalue weighted by atomic mass is 35.5. The van der Waals surface area contributed by atoms with E-state index in [2.05, 4.69) is 10.5 Å². The number of halogens is 1. The largest absolute Gasteiger partial charge is 0.504 e. The third kappa shape index (κ3) is 3.27. The van der Waals surface area contributed by atoms with Crippen LogP contribution in [0.2, 0.25) is 5.02 Å². The Kier molecular flexibility index (Phi) is 4.74. The molecule has 2 heterocycles. The van der Waals surface area contributed by atoms with Crippen LogP contribution >= 0.6 is 11.6 Å². The second-order valence-corrected chi connectivity index (χ2v) is 8.41. The molecule has 1 aliphatic carbocycles. The van der Waals surface area contributed by atoms with Crippen LogP contribution in [0.5, 0.6) is 11.5 Å². The van der Waals surface area contributed by atoms with Gasteiger partial charge in [-0.3, -0.25) is 4.79 Å². The van der Waals surface area contributed by atoms with Gasteiger partial charge in [0.2, 0.25) is 5.88 Å². The van der Waals surface area contributed by atoms with Crippen LogP contribution in [0, 0.1) is 6.92 Å². The monoisotopic (exact) mass is 436 g/mol. The number of ketones is 1. The Morgan fingerprint density at radius 2 is 1.90 bits per heavy atom. The number of phenolic OH excluding ortho intramolecular Hbond substituents is 1. The Bertz CT molecular complexity index is 1210. The minimum Gasteiger partial charge on any atom is -0.504 e. The molecule has 0 spiro atoms. The zero-order chi connectivity index (χ0) is 21.7. The first-order valence-electron chi connectivity index (χ1n) is 10.1.